The van der Waals surface area contributed by atoms with E-state index in [1.807, 2.05) is 50.5 Å². The minimum Gasteiger partial charge on any atom is -0.497 e. The molecule has 0 bridgehead atoms. The van der Waals surface area contributed by atoms with Crippen LogP contribution in [0.4, 0.5) is 0 Å². The number of hydrogen-bond donors (Lipinski definition) is 0. The molecule has 0 aliphatic carbocycles. The van der Waals surface area contributed by atoms with E-state index in [4.69, 9.17) is 4.74 Å². The Morgan fingerprint density at radius 3 is 2.52 bits per heavy atom. The van der Waals surface area contributed by atoms with E-state index in [9.17, 15) is 9.59 Å². The molecule has 0 radical (unpaired) electrons. The zero-order chi connectivity index (χ0) is 17.4. The summed E-state index contributed by atoms with van der Waals surface area (Å²) in [5.74, 6) is 0.697. The number of nitrogens with zero attached hydrogens (tertiary/aromatic N) is 2. The number of hydrogen-bond acceptors (Lipinski definition) is 3. The highest BCUT2D eigenvalue weighted by Gasteiger charge is 2.24. The third-order valence-corrected chi connectivity index (χ3v) is 4.37. The molecule has 5 nitrogen and oxygen atoms in total. The second kappa shape index (κ2) is 6.07. The summed E-state index contributed by atoms with van der Waals surface area (Å²) < 4.78 is 7.15. The Hall–Kier alpha value is -2.30. The largest absolute Gasteiger partial charge is 0.497 e. The molecule has 0 saturated heterocycles. The Balaban J connectivity index is 2.53. The van der Waals surface area contributed by atoms with Crippen molar-refractivity contribution in [3.8, 4) is 5.75 Å². The topological polar surface area (TPSA) is 51.5 Å². The lowest BCUT2D eigenvalue weighted by Gasteiger charge is -2.32. The third kappa shape index (κ3) is 3.09. The number of benzene rings is 1. The van der Waals surface area contributed by atoms with Gasteiger partial charge in [-0.15, -0.1) is 0 Å². The van der Waals surface area contributed by atoms with Gasteiger partial charge in [0.25, 0.3) is 0 Å². The van der Waals surface area contributed by atoms with E-state index >= 15 is 0 Å². The van der Waals surface area contributed by atoms with Gasteiger partial charge in [-0.2, -0.15) is 0 Å². The molecule has 124 valence electrons. The Labute approximate surface area is 136 Å². The van der Waals surface area contributed by atoms with Gasteiger partial charge in [-0.3, -0.25) is 9.59 Å². The zero-order valence-electron chi connectivity index (χ0n) is 14.6. The van der Waals surface area contributed by atoms with Gasteiger partial charge in [0.05, 0.1) is 12.6 Å². The fourth-order valence-electron chi connectivity index (χ4n) is 2.58. The van der Waals surface area contributed by atoms with Crippen molar-refractivity contribution in [1.29, 1.82) is 0 Å². The van der Waals surface area contributed by atoms with Gasteiger partial charge in [0.1, 0.15) is 12.3 Å². The van der Waals surface area contributed by atoms with Crippen LogP contribution >= 0.6 is 0 Å². The molecule has 2 rings (SSSR count). The molecule has 0 aliphatic heterocycles. The van der Waals surface area contributed by atoms with Gasteiger partial charge in [-0.25, -0.2) is 0 Å². The predicted octanol–water partition coefficient (Wildman–Crippen LogP) is 3.03. The fourth-order valence-corrected chi connectivity index (χ4v) is 2.58. The monoisotopic (exact) mass is 316 g/mol. The van der Waals surface area contributed by atoms with Crippen molar-refractivity contribution in [1.82, 2.24) is 9.47 Å². The fraction of sp³-hybridized carbons (Fsp3) is 0.444. The molecule has 0 N–H and O–H groups in total. The van der Waals surface area contributed by atoms with E-state index in [0.717, 1.165) is 22.9 Å². The van der Waals surface area contributed by atoms with Crippen LogP contribution in [0.25, 0.3) is 10.9 Å². The second-order valence-corrected chi connectivity index (χ2v) is 6.71. The van der Waals surface area contributed by atoms with Gasteiger partial charge < -0.3 is 14.2 Å². The normalized spacial score (nSPS) is 11.6. The number of carbonyl (C=O) groups is 2. The number of fused-ring (bicyclic) bond motifs is 1. The van der Waals surface area contributed by atoms with Crippen LogP contribution in [0.1, 0.15) is 36.8 Å². The Morgan fingerprint density at radius 2 is 2.00 bits per heavy atom. The van der Waals surface area contributed by atoms with Crippen LogP contribution < -0.4 is 4.74 Å². The molecule has 1 aromatic heterocycles. The lowest BCUT2D eigenvalue weighted by molar-refractivity contribution is -0.134. The van der Waals surface area contributed by atoms with E-state index in [1.54, 1.807) is 19.1 Å². The van der Waals surface area contributed by atoms with Gasteiger partial charge in [-0.1, -0.05) is 0 Å². The first-order chi connectivity index (χ1) is 10.7. The van der Waals surface area contributed by atoms with Crippen LogP contribution in [0.3, 0.4) is 0 Å². The molecule has 0 saturated carbocycles. The van der Waals surface area contributed by atoms with Crippen molar-refractivity contribution in [2.24, 2.45) is 0 Å². The average molecular weight is 316 g/mol. The smallest absolute Gasteiger partial charge is 0.242 e. The van der Waals surface area contributed by atoms with E-state index in [-0.39, 0.29) is 18.0 Å². The quantitative estimate of drug-likeness (QED) is 0.815. The maximum atomic E-state index is 12.6. The molecule has 1 heterocycles. The number of likely N-dealkylation sites (N-methyl/N-ethyl adjacent to an activating group) is 1. The molecular formula is C18H24N2O3. The molecule has 23 heavy (non-hydrogen) atoms. The van der Waals surface area contributed by atoms with Crippen LogP contribution in [-0.4, -0.2) is 41.4 Å². The molecule has 0 atom stereocenters. The molecule has 0 spiro atoms. The van der Waals surface area contributed by atoms with Gasteiger partial charge in [0, 0.05) is 35.3 Å². The van der Waals surface area contributed by atoms with Crippen molar-refractivity contribution in [3.63, 3.8) is 0 Å². The Bertz CT molecular complexity index is 754. The van der Waals surface area contributed by atoms with E-state index in [2.05, 4.69) is 0 Å². The van der Waals surface area contributed by atoms with Crippen LogP contribution in [0.5, 0.6) is 5.75 Å². The minimum atomic E-state index is -0.251. The average Bonchev–Trinajstić information content (AvgIpc) is 2.76. The summed E-state index contributed by atoms with van der Waals surface area (Å²) in [6.45, 7) is 8.03. The Morgan fingerprint density at radius 1 is 1.35 bits per heavy atom. The first kappa shape index (κ1) is 17.1. The minimum absolute atomic E-state index is 0.00207. The predicted molar refractivity (Wildman–Crippen MR) is 91.1 cm³/mol. The number of aldehydes is 1. The molecular weight excluding hydrogens is 292 g/mol. The first-order valence-electron chi connectivity index (χ1n) is 7.59. The molecule has 2 aromatic rings. The molecule has 1 aromatic carbocycles. The number of rotatable bonds is 4. The molecule has 0 fully saturated rings. The standard InChI is InChI=1S/C18H24N2O3/c1-12-15(11-21)14-8-7-13(23-6)9-16(14)20(12)10-17(22)19(5)18(2,3)4/h7-9,11H,10H2,1-6H3. The lowest BCUT2D eigenvalue weighted by atomic mass is 10.1. The molecule has 5 heteroatoms. The second-order valence-electron chi connectivity index (χ2n) is 6.71. The maximum Gasteiger partial charge on any atom is 0.242 e. The number of methoxy groups -OCH3 is 1. The molecule has 0 aliphatic rings. The van der Waals surface area contributed by atoms with E-state index in [0.29, 0.717) is 11.3 Å². The SMILES string of the molecule is COc1ccc2c(C=O)c(C)n(CC(=O)N(C)C(C)(C)C)c2c1. The number of aromatic nitrogens is 1. The summed E-state index contributed by atoms with van der Waals surface area (Å²) in [5, 5.41) is 0.838. The van der Waals surface area contributed by atoms with Crippen molar-refractivity contribution in [3.05, 3.63) is 29.5 Å². The van der Waals surface area contributed by atoms with Crippen LogP contribution in [0.2, 0.25) is 0 Å². The van der Waals surface area contributed by atoms with Gasteiger partial charge in [-0.05, 0) is 39.8 Å². The zero-order valence-corrected chi connectivity index (χ0v) is 14.6. The molecule has 0 unspecified atom stereocenters. The van der Waals surface area contributed by atoms with Gasteiger partial charge >= 0.3 is 0 Å². The van der Waals surface area contributed by atoms with Crippen molar-refractivity contribution in [2.75, 3.05) is 14.2 Å². The maximum absolute atomic E-state index is 12.6. The molecule has 1 amide bonds. The highest BCUT2D eigenvalue weighted by molar-refractivity contribution is 6.00. The first-order valence-corrected chi connectivity index (χ1v) is 7.59. The third-order valence-electron chi connectivity index (χ3n) is 4.37. The van der Waals surface area contributed by atoms with Gasteiger partial charge in [0.2, 0.25) is 5.91 Å². The van der Waals surface area contributed by atoms with Crippen LogP contribution in [0.15, 0.2) is 18.2 Å². The van der Waals surface area contributed by atoms with Crippen molar-refractivity contribution < 1.29 is 14.3 Å². The van der Waals surface area contributed by atoms with Crippen molar-refractivity contribution >= 4 is 23.1 Å². The van der Waals surface area contributed by atoms with E-state index in [1.165, 1.54) is 0 Å². The van der Waals surface area contributed by atoms with Gasteiger partial charge in [0.15, 0.2) is 6.29 Å². The summed E-state index contributed by atoms with van der Waals surface area (Å²) in [6.07, 6.45) is 0.846. The van der Waals surface area contributed by atoms with E-state index < -0.39 is 0 Å². The summed E-state index contributed by atoms with van der Waals surface area (Å²) in [6, 6.07) is 5.54. The van der Waals surface area contributed by atoms with Crippen LogP contribution in [0, 0.1) is 6.92 Å². The summed E-state index contributed by atoms with van der Waals surface area (Å²) in [4.78, 5) is 25.8. The summed E-state index contributed by atoms with van der Waals surface area (Å²) in [7, 11) is 3.39. The highest BCUT2D eigenvalue weighted by atomic mass is 16.5. The van der Waals surface area contributed by atoms with Crippen LogP contribution in [-0.2, 0) is 11.3 Å². The number of amides is 1. The number of ether oxygens (including phenoxy) is 1. The Kier molecular flexibility index (Phi) is 4.50. The summed E-state index contributed by atoms with van der Waals surface area (Å²) in [5.41, 5.74) is 1.99. The summed E-state index contributed by atoms with van der Waals surface area (Å²) >= 11 is 0. The van der Waals surface area contributed by atoms with Crippen molar-refractivity contribution in [2.45, 2.75) is 39.8 Å². The lowest BCUT2D eigenvalue weighted by Crippen LogP contribution is -2.44. The number of carbonyl (C=O) groups excluding carboxylic acids is 2. The highest BCUT2D eigenvalue weighted by Crippen LogP contribution is 2.28.